The number of amides is 6. The first-order chi connectivity index (χ1) is 30.2. The Labute approximate surface area is 375 Å². The number of hydrogen-bond acceptors (Lipinski definition) is 11. The van der Waals surface area contributed by atoms with Crippen LogP contribution in [0.1, 0.15) is 72.4 Å². The fourth-order valence-electron chi connectivity index (χ4n) is 6.56. The van der Waals surface area contributed by atoms with Crippen molar-refractivity contribution in [3.63, 3.8) is 0 Å². The molecule has 0 fully saturated rings. The Hall–Kier alpha value is -6.33. The number of aliphatic hydroxyl groups excluding tert-OH is 1. The average Bonchev–Trinajstić information content (AvgIpc) is 3.25. The highest BCUT2D eigenvalue weighted by Crippen LogP contribution is 2.20. The van der Waals surface area contributed by atoms with Gasteiger partial charge in [0, 0.05) is 12.8 Å². The molecule has 348 valence electrons. The number of carbonyl (C=O) groups excluding carboxylic acids is 7. The standard InChI is InChI=1S/C47H65N7O10/c1-9-29(4)40(44(60)54-39(28(2)3)45(61)63-8)53-38(56)27-49-41(57)34(24-30-16-12-10-13-17-30)50-43(59)36(26-37(48)55)51-42(58)35(52-46(62)64-47(5,6)7)25-31-20-22-33(23-21-31)32-18-14-11-15-19-32/h10-23,28-29,34-36,38-40,53,56H,9,24-27H2,1-8H3,(H2,48,55)(H,49,57)(H,50,59)(H,51,58)(H,52,62)(H,54,60)/t29-,34-,35-,36-,38?,39-,40-/m0/s1. The van der Waals surface area contributed by atoms with Crippen LogP contribution in [0.2, 0.25) is 0 Å². The number of ether oxygens (including phenoxy) is 2. The number of aliphatic hydroxyl groups is 1. The molecule has 1 unspecified atom stereocenters. The summed E-state index contributed by atoms with van der Waals surface area (Å²) in [5.74, 6) is -5.19. The number of primary amides is 1. The molecule has 3 aromatic carbocycles. The fraction of sp³-hybridized carbons (Fsp3) is 0.468. The molecule has 0 saturated heterocycles. The molecule has 64 heavy (non-hydrogen) atoms. The van der Waals surface area contributed by atoms with Gasteiger partial charge in [0.05, 0.1) is 26.1 Å². The third kappa shape index (κ3) is 17.4. The molecule has 0 aliphatic carbocycles. The molecule has 9 N–H and O–H groups in total. The zero-order valence-corrected chi connectivity index (χ0v) is 37.9. The van der Waals surface area contributed by atoms with Gasteiger partial charge in [-0.1, -0.05) is 119 Å². The largest absolute Gasteiger partial charge is 0.467 e. The van der Waals surface area contributed by atoms with Crippen LogP contribution in [0, 0.1) is 11.8 Å². The lowest BCUT2D eigenvalue weighted by molar-refractivity contribution is -0.147. The van der Waals surface area contributed by atoms with Crippen LogP contribution in [0.15, 0.2) is 84.9 Å². The van der Waals surface area contributed by atoms with Crippen LogP contribution >= 0.6 is 0 Å². The summed E-state index contributed by atoms with van der Waals surface area (Å²) >= 11 is 0. The number of benzene rings is 3. The van der Waals surface area contributed by atoms with E-state index >= 15 is 0 Å². The minimum Gasteiger partial charge on any atom is -0.467 e. The van der Waals surface area contributed by atoms with Crippen molar-refractivity contribution in [2.75, 3.05) is 13.7 Å². The number of carbonyl (C=O) groups is 7. The summed E-state index contributed by atoms with van der Waals surface area (Å²) in [4.78, 5) is 92.8. The van der Waals surface area contributed by atoms with E-state index < -0.39 is 96.6 Å². The molecule has 3 aromatic rings. The van der Waals surface area contributed by atoms with Gasteiger partial charge in [-0.15, -0.1) is 0 Å². The van der Waals surface area contributed by atoms with E-state index in [9.17, 15) is 38.7 Å². The van der Waals surface area contributed by atoms with Crippen molar-refractivity contribution < 1.29 is 48.1 Å². The second-order valence-corrected chi connectivity index (χ2v) is 17.0. The highest BCUT2D eigenvalue weighted by atomic mass is 16.6. The molecule has 3 rings (SSSR count). The van der Waals surface area contributed by atoms with Gasteiger partial charge in [0.1, 0.15) is 36.0 Å². The maximum absolute atomic E-state index is 14.0. The van der Waals surface area contributed by atoms with Crippen molar-refractivity contribution in [1.29, 1.82) is 0 Å². The van der Waals surface area contributed by atoms with E-state index in [2.05, 4.69) is 31.9 Å². The van der Waals surface area contributed by atoms with E-state index in [0.717, 1.165) is 11.1 Å². The van der Waals surface area contributed by atoms with Gasteiger partial charge in [-0.25, -0.2) is 9.59 Å². The molecular formula is C47H65N7O10. The highest BCUT2D eigenvalue weighted by Gasteiger charge is 2.34. The number of alkyl carbamates (subject to hydrolysis) is 1. The molecule has 0 heterocycles. The second-order valence-electron chi connectivity index (χ2n) is 17.0. The zero-order valence-electron chi connectivity index (χ0n) is 37.9. The Morgan fingerprint density at radius 1 is 0.656 bits per heavy atom. The monoisotopic (exact) mass is 887 g/mol. The quantitative estimate of drug-likeness (QED) is 0.0508. The van der Waals surface area contributed by atoms with E-state index in [4.69, 9.17) is 15.2 Å². The van der Waals surface area contributed by atoms with Crippen molar-refractivity contribution in [3.8, 4) is 11.1 Å². The Bertz CT molecular complexity index is 2010. The van der Waals surface area contributed by atoms with Gasteiger partial charge in [0.15, 0.2) is 0 Å². The molecule has 0 saturated carbocycles. The Morgan fingerprint density at radius 3 is 1.70 bits per heavy atom. The number of methoxy groups -OCH3 is 1. The number of nitrogens with one attached hydrogen (secondary N) is 6. The normalized spacial score (nSPS) is 14.6. The van der Waals surface area contributed by atoms with E-state index in [0.29, 0.717) is 17.5 Å². The average molecular weight is 888 g/mol. The van der Waals surface area contributed by atoms with Crippen LogP contribution in [-0.4, -0.2) is 102 Å². The topological polar surface area (TPSA) is 256 Å². The van der Waals surface area contributed by atoms with Crippen LogP contribution in [-0.2, 0) is 51.1 Å². The summed E-state index contributed by atoms with van der Waals surface area (Å²) < 4.78 is 10.3. The van der Waals surface area contributed by atoms with Gasteiger partial charge < -0.3 is 46.9 Å². The summed E-state index contributed by atoms with van der Waals surface area (Å²) in [6, 6.07) is 19.7. The molecule has 0 bridgehead atoms. The highest BCUT2D eigenvalue weighted by molar-refractivity contribution is 5.96. The smallest absolute Gasteiger partial charge is 0.408 e. The summed E-state index contributed by atoms with van der Waals surface area (Å²) in [5.41, 5.74) is 7.87. The lowest BCUT2D eigenvalue weighted by Gasteiger charge is -2.29. The number of hydrogen-bond donors (Lipinski definition) is 8. The molecule has 6 amide bonds. The molecule has 0 spiro atoms. The first-order valence-corrected chi connectivity index (χ1v) is 21.4. The molecule has 17 heteroatoms. The number of esters is 1. The molecular weight excluding hydrogens is 823 g/mol. The van der Waals surface area contributed by atoms with Crippen molar-refractivity contribution >= 4 is 41.6 Å². The molecule has 7 atom stereocenters. The lowest BCUT2D eigenvalue weighted by atomic mass is 9.96. The van der Waals surface area contributed by atoms with Gasteiger partial charge in [0.2, 0.25) is 29.5 Å². The zero-order chi connectivity index (χ0) is 47.6. The van der Waals surface area contributed by atoms with E-state index in [1.165, 1.54) is 7.11 Å². The van der Waals surface area contributed by atoms with Crippen molar-refractivity contribution in [2.45, 2.75) is 116 Å². The second kappa shape index (κ2) is 25.1. The fourth-order valence-corrected chi connectivity index (χ4v) is 6.56. The first-order valence-electron chi connectivity index (χ1n) is 21.4. The predicted octanol–water partition coefficient (Wildman–Crippen LogP) is 2.63. The van der Waals surface area contributed by atoms with E-state index in [1.807, 2.05) is 49.4 Å². The van der Waals surface area contributed by atoms with Gasteiger partial charge in [-0.05, 0) is 54.9 Å². The number of rotatable bonds is 23. The van der Waals surface area contributed by atoms with Crippen molar-refractivity contribution in [2.24, 2.45) is 17.6 Å². The van der Waals surface area contributed by atoms with E-state index in [-0.39, 0.29) is 24.7 Å². The maximum atomic E-state index is 14.0. The molecule has 17 nitrogen and oxygen atoms in total. The van der Waals surface area contributed by atoms with Crippen LogP contribution < -0.4 is 37.6 Å². The van der Waals surface area contributed by atoms with Gasteiger partial charge in [0.25, 0.3) is 0 Å². The van der Waals surface area contributed by atoms with Crippen molar-refractivity contribution in [1.82, 2.24) is 31.9 Å². The third-order valence-electron chi connectivity index (χ3n) is 10.2. The SMILES string of the molecule is CC[C@H](C)[C@H](NC(O)CNC(=O)[C@H](Cc1ccccc1)NC(=O)[C@H](CC(N)=O)NC(=O)[C@H](Cc1ccc(-c2ccccc2)cc1)NC(=O)OC(C)(C)C)C(=O)N[C@H](C(=O)OC)C(C)C. The Kier molecular flexibility index (Phi) is 20.4. The first kappa shape index (κ1) is 52.0. The molecule has 0 radical (unpaired) electrons. The van der Waals surface area contributed by atoms with Gasteiger partial charge >= 0.3 is 12.1 Å². The minimum atomic E-state index is -1.58. The van der Waals surface area contributed by atoms with Crippen LogP contribution in [0.3, 0.4) is 0 Å². The van der Waals surface area contributed by atoms with Crippen LogP contribution in [0.4, 0.5) is 4.79 Å². The van der Waals surface area contributed by atoms with E-state index in [1.54, 1.807) is 84.0 Å². The summed E-state index contributed by atoms with van der Waals surface area (Å²) in [5, 5.41) is 26.9. The molecule has 0 aliphatic rings. The van der Waals surface area contributed by atoms with Gasteiger partial charge in [-0.2, -0.15) is 0 Å². The predicted molar refractivity (Wildman–Crippen MR) is 241 cm³/mol. The Morgan fingerprint density at radius 2 is 1.17 bits per heavy atom. The summed E-state index contributed by atoms with van der Waals surface area (Å²) in [6.45, 7) is 11.7. The molecule has 0 aliphatic heterocycles. The number of nitrogens with two attached hydrogens (primary N) is 1. The summed E-state index contributed by atoms with van der Waals surface area (Å²) in [7, 11) is 1.22. The Balaban J connectivity index is 1.82. The van der Waals surface area contributed by atoms with Crippen LogP contribution in [0.5, 0.6) is 0 Å². The molecule has 0 aromatic heterocycles. The third-order valence-corrected chi connectivity index (χ3v) is 10.2. The summed E-state index contributed by atoms with van der Waals surface area (Å²) in [6.07, 6.45) is -2.53. The van der Waals surface area contributed by atoms with Crippen LogP contribution in [0.25, 0.3) is 11.1 Å². The van der Waals surface area contributed by atoms with Gasteiger partial charge in [-0.3, -0.25) is 29.3 Å². The minimum absolute atomic E-state index is 0.0242. The maximum Gasteiger partial charge on any atom is 0.408 e. The van der Waals surface area contributed by atoms with Crippen molar-refractivity contribution in [3.05, 3.63) is 96.1 Å². The lowest BCUT2D eigenvalue weighted by Crippen LogP contribution is -2.59.